The first-order valence-corrected chi connectivity index (χ1v) is 7.53. The number of aromatic nitrogens is 2. The van der Waals surface area contributed by atoms with Crippen LogP contribution in [-0.2, 0) is 13.0 Å². The molecule has 0 aliphatic rings. The smallest absolute Gasteiger partial charge is 0.0834 e. The monoisotopic (exact) mass is 291 g/mol. The number of hydrogen-bond donors (Lipinski definition) is 1. The molecule has 2 rings (SSSR count). The van der Waals surface area contributed by atoms with Gasteiger partial charge in [0.1, 0.15) is 0 Å². The SMILES string of the molecule is CCNC(Cc1cccc(C)c1)c1c(Cl)cnn1CC. The van der Waals surface area contributed by atoms with Gasteiger partial charge in [-0.2, -0.15) is 5.10 Å². The first-order valence-electron chi connectivity index (χ1n) is 7.15. The molecular formula is C16H22ClN3. The van der Waals surface area contributed by atoms with Crippen molar-refractivity contribution in [3.05, 3.63) is 52.3 Å². The van der Waals surface area contributed by atoms with Crippen molar-refractivity contribution in [1.82, 2.24) is 15.1 Å². The van der Waals surface area contributed by atoms with Crippen molar-refractivity contribution in [1.29, 1.82) is 0 Å². The van der Waals surface area contributed by atoms with Crippen LogP contribution in [0.2, 0.25) is 5.02 Å². The van der Waals surface area contributed by atoms with E-state index < -0.39 is 0 Å². The summed E-state index contributed by atoms with van der Waals surface area (Å²) in [6.45, 7) is 8.06. The Balaban J connectivity index is 2.29. The normalized spacial score (nSPS) is 12.6. The van der Waals surface area contributed by atoms with Crippen molar-refractivity contribution in [3.8, 4) is 0 Å². The molecule has 0 bridgehead atoms. The molecule has 0 radical (unpaired) electrons. The molecule has 0 spiro atoms. The zero-order chi connectivity index (χ0) is 14.5. The molecule has 0 fully saturated rings. The van der Waals surface area contributed by atoms with Gasteiger partial charge in [0.15, 0.2) is 0 Å². The molecule has 1 unspecified atom stereocenters. The number of likely N-dealkylation sites (N-methyl/N-ethyl adjacent to an activating group) is 1. The number of hydrogen-bond acceptors (Lipinski definition) is 2. The predicted octanol–water partition coefficient (Wildman–Crippen LogP) is 3.76. The first kappa shape index (κ1) is 15.1. The number of rotatable bonds is 6. The van der Waals surface area contributed by atoms with Gasteiger partial charge in [-0.25, -0.2) is 0 Å². The highest BCUT2D eigenvalue weighted by molar-refractivity contribution is 6.31. The zero-order valence-corrected chi connectivity index (χ0v) is 13.1. The van der Waals surface area contributed by atoms with Gasteiger partial charge in [0.05, 0.1) is 23.0 Å². The lowest BCUT2D eigenvalue weighted by Gasteiger charge is -2.20. The van der Waals surface area contributed by atoms with Gasteiger partial charge in [0, 0.05) is 6.54 Å². The maximum atomic E-state index is 6.33. The van der Waals surface area contributed by atoms with Crippen LogP contribution in [0.5, 0.6) is 0 Å². The fraction of sp³-hybridized carbons (Fsp3) is 0.438. The van der Waals surface area contributed by atoms with E-state index in [0.29, 0.717) is 0 Å². The van der Waals surface area contributed by atoms with Crippen LogP contribution >= 0.6 is 11.6 Å². The van der Waals surface area contributed by atoms with E-state index in [0.717, 1.165) is 30.2 Å². The number of nitrogens with one attached hydrogen (secondary N) is 1. The Bertz CT molecular complexity index is 563. The topological polar surface area (TPSA) is 29.9 Å². The molecule has 1 N–H and O–H groups in total. The molecular weight excluding hydrogens is 270 g/mol. The van der Waals surface area contributed by atoms with Crippen LogP contribution in [-0.4, -0.2) is 16.3 Å². The molecule has 0 saturated carbocycles. The fourth-order valence-corrected chi connectivity index (χ4v) is 2.83. The molecule has 20 heavy (non-hydrogen) atoms. The third kappa shape index (κ3) is 3.41. The highest BCUT2D eigenvalue weighted by Crippen LogP contribution is 2.26. The number of nitrogens with zero attached hydrogens (tertiary/aromatic N) is 2. The number of aryl methyl sites for hydroxylation is 2. The maximum absolute atomic E-state index is 6.33. The van der Waals surface area contributed by atoms with E-state index in [4.69, 9.17) is 11.6 Å². The summed E-state index contributed by atoms with van der Waals surface area (Å²) in [5, 5.41) is 8.61. The summed E-state index contributed by atoms with van der Waals surface area (Å²) >= 11 is 6.33. The van der Waals surface area contributed by atoms with Gasteiger partial charge < -0.3 is 5.32 Å². The molecule has 0 aliphatic carbocycles. The zero-order valence-electron chi connectivity index (χ0n) is 12.4. The molecule has 2 aromatic rings. The average Bonchev–Trinajstić information content (AvgIpc) is 2.79. The van der Waals surface area contributed by atoms with Crippen molar-refractivity contribution in [2.24, 2.45) is 0 Å². The average molecular weight is 292 g/mol. The van der Waals surface area contributed by atoms with E-state index in [-0.39, 0.29) is 6.04 Å². The Kier molecular flexibility index (Phi) is 5.21. The molecule has 3 nitrogen and oxygen atoms in total. The van der Waals surface area contributed by atoms with E-state index in [1.165, 1.54) is 11.1 Å². The second-order valence-corrected chi connectivity index (χ2v) is 5.40. The van der Waals surface area contributed by atoms with E-state index in [1.54, 1.807) is 6.20 Å². The van der Waals surface area contributed by atoms with E-state index >= 15 is 0 Å². The van der Waals surface area contributed by atoms with Crippen LogP contribution in [0.15, 0.2) is 30.5 Å². The molecule has 1 heterocycles. The quantitative estimate of drug-likeness (QED) is 0.878. The first-order chi connectivity index (χ1) is 9.65. The summed E-state index contributed by atoms with van der Waals surface area (Å²) in [6, 6.07) is 8.81. The van der Waals surface area contributed by atoms with Crippen LogP contribution in [0.3, 0.4) is 0 Å². The van der Waals surface area contributed by atoms with Gasteiger partial charge in [0.2, 0.25) is 0 Å². The van der Waals surface area contributed by atoms with Crippen LogP contribution in [0.1, 0.15) is 36.7 Å². The van der Waals surface area contributed by atoms with Crippen LogP contribution in [0.4, 0.5) is 0 Å². The molecule has 0 aliphatic heterocycles. The van der Waals surface area contributed by atoms with E-state index in [1.807, 2.05) is 4.68 Å². The summed E-state index contributed by atoms with van der Waals surface area (Å²) in [5.74, 6) is 0. The van der Waals surface area contributed by atoms with Crippen LogP contribution in [0.25, 0.3) is 0 Å². The standard InChI is InChI=1S/C16H22ClN3/c1-4-18-15(10-13-8-6-7-12(3)9-13)16-14(17)11-19-20(16)5-2/h6-9,11,15,18H,4-5,10H2,1-3H3. The summed E-state index contributed by atoms with van der Waals surface area (Å²) in [6.07, 6.45) is 2.65. The van der Waals surface area contributed by atoms with Crippen molar-refractivity contribution >= 4 is 11.6 Å². The summed E-state index contributed by atoms with van der Waals surface area (Å²) in [5.41, 5.74) is 3.68. The minimum atomic E-state index is 0.191. The van der Waals surface area contributed by atoms with Gasteiger partial charge in [-0.05, 0) is 32.4 Å². The molecule has 4 heteroatoms. The number of benzene rings is 1. The summed E-state index contributed by atoms with van der Waals surface area (Å²) < 4.78 is 1.98. The molecule has 1 atom stereocenters. The Morgan fingerprint density at radius 1 is 1.35 bits per heavy atom. The second kappa shape index (κ2) is 6.91. The van der Waals surface area contributed by atoms with Gasteiger partial charge in [-0.3, -0.25) is 4.68 Å². The maximum Gasteiger partial charge on any atom is 0.0834 e. The third-order valence-electron chi connectivity index (χ3n) is 3.44. The van der Waals surface area contributed by atoms with Gasteiger partial charge in [-0.15, -0.1) is 0 Å². The second-order valence-electron chi connectivity index (χ2n) is 5.00. The van der Waals surface area contributed by atoms with Gasteiger partial charge in [-0.1, -0.05) is 48.4 Å². The Labute approximate surface area is 126 Å². The van der Waals surface area contributed by atoms with Crippen molar-refractivity contribution in [3.63, 3.8) is 0 Å². The van der Waals surface area contributed by atoms with E-state index in [2.05, 4.69) is 55.5 Å². The highest BCUT2D eigenvalue weighted by atomic mass is 35.5. The van der Waals surface area contributed by atoms with Crippen molar-refractivity contribution in [2.75, 3.05) is 6.54 Å². The lowest BCUT2D eigenvalue weighted by molar-refractivity contribution is 0.490. The molecule has 0 saturated heterocycles. The predicted molar refractivity (Wildman–Crippen MR) is 84.2 cm³/mol. The molecule has 1 aromatic carbocycles. The number of halogens is 1. The fourth-order valence-electron chi connectivity index (χ4n) is 2.56. The largest absolute Gasteiger partial charge is 0.309 e. The molecule has 0 amide bonds. The van der Waals surface area contributed by atoms with Gasteiger partial charge >= 0.3 is 0 Å². The summed E-state index contributed by atoms with van der Waals surface area (Å²) in [4.78, 5) is 0. The Hall–Kier alpha value is -1.32. The van der Waals surface area contributed by atoms with Crippen molar-refractivity contribution in [2.45, 2.75) is 39.8 Å². The molecule has 1 aromatic heterocycles. The summed E-state index contributed by atoms with van der Waals surface area (Å²) in [7, 11) is 0. The molecule has 108 valence electrons. The van der Waals surface area contributed by atoms with E-state index in [9.17, 15) is 0 Å². The lowest BCUT2D eigenvalue weighted by atomic mass is 10.0. The Morgan fingerprint density at radius 3 is 2.80 bits per heavy atom. The van der Waals surface area contributed by atoms with Crippen molar-refractivity contribution < 1.29 is 0 Å². The third-order valence-corrected chi connectivity index (χ3v) is 3.73. The highest BCUT2D eigenvalue weighted by Gasteiger charge is 2.19. The van der Waals surface area contributed by atoms with Gasteiger partial charge in [0.25, 0.3) is 0 Å². The van der Waals surface area contributed by atoms with Crippen LogP contribution in [0, 0.1) is 6.92 Å². The van der Waals surface area contributed by atoms with Crippen LogP contribution < -0.4 is 5.32 Å². The Morgan fingerprint density at radius 2 is 2.15 bits per heavy atom. The minimum Gasteiger partial charge on any atom is -0.309 e. The lowest BCUT2D eigenvalue weighted by Crippen LogP contribution is -2.26. The minimum absolute atomic E-state index is 0.191.